The van der Waals surface area contributed by atoms with Gasteiger partial charge in [0, 0.05) is 10.4 Å². The van der Waals surface area contributed by atoms with E-state index in [0.717, 1.165) is 11.1 Å². The smallest absolute Gasteiger partial charge is 0.294 e. The van der Waals surface area contributed by atoms with Crippen molar-refractivity contribution >= 4 is 39.9 Å². The molecule has 0 aliphatic carbocycles. The number of carbonyl (C=O) groups is 2. The molecule has 1 amide bonds. The number of halogens is 1. The van der Waals surface area contributed by atoms with Gasteiger partial charge in [-0.1, -0.05) is 47.5 Å². The van der Waals surface area contributed by atoms with Gasteiger partial charge in [-0.25, -0.2) is 0 Å². The number of amides is 1. The number of hydrogen-bond acceptors (Lipinski definition) is 5. The summed E-state index contributed by atoms with van der Waals surface area (Å²) in [5.74, 6) is -2.26. The molecule has 5 rings (SSSR count). The van der Waals surface area contributed by atoms with Gasteiger partial charge in [-0.15, -0.1) is 0 Å². The summed E-state index contributed by atoms with van der Waals surface area (Å²) in [6.45, 7) is 3.72. The number of aromatic hydroxyl groups is 1. The summed E-state index contributed by atoms with van der Waals surface area (Å²) in [4.78, 5) is 28.2. The van der Waals surface area contributed by atoms with E-state index < -0.39 is 23.5 Å². The molecular weight excluding hydrogens is 454 g/mol. The first-order valence-corrected chi connectivity index (χ1v) is 11.0. The Labute approximate surface area is 200 Å². The number of aliphatic hydroxyl groups is 1. The van der Waals surface area contributed by atoms with Crippen LogP contribution in [0.1, 0.15) is 33.3 Å². The Balaban J connectivity index is 1.69. The SMILES string of the molecule is Cc1cccc(C2C(C(=O)c3cc4cc(Cl)ccc4o3)=C(O)C(=O)N2c2cc(C)ccc2O)c1. The average Bonchev–Trinajstić information content (AvgIpc) is 3.34. The van der Waals surface area contributed by atoms with Crippen molar-refractivity contribution in [2.24, 2.45) is 0 Å². The van der Waals surface area contributed by atoms with E-state index in [0.29, 0.717) is 21.6 Å². The van der Waals surface area contributed by atoms with E-state index in [2.05, 4.69) is 0 Å². The third-order valence-electron chi connectivity index (χ3n) is 5.90. The number of ketones is 1. The number of aryl methyl sites for hydroxylation is 2. The van der Waals surface area contributed by atoms with Gasteiger partial charge in [0.15, 0.2) is 11.5 Å². The Hall–Kier alpha value is -4.03. The minimum Gasteiger partial charge on any atom is -0.506 e. The second kappa shape index (κ2) is 8.08. The summed E-state index contributed by atoms with van der Waals surface area (Å²) in [7, 11) is 0. The zero-order valence-electron chi connectivity index (χ0n) is 18.4. The van der Waals surface area contributed by atoms with Crippen LogP contribution in [0.5, 0.6) is 5.75 Å². The molecule has 0 saturated heterocycles. The van der Waals surface area contributed by atoms with Gasteiger partial charge in [0.1, 0.15) is 11.3 Å². The summed E-state index contributed by atoms with van der Waals surface area (Å²) in [6, 6.07) is 17.7. The molecule has 6 nitrogen and oxygen atoms in total. The van der Waals surface area contributed by atoms with Crippen molar-refractivity contribution in [2.75, 3.05) is 4.90 Å². The Morgan fingerprint density at radius 1 is 0.971 bits per heavy atom. The maximum Gasteiger partial charge on any atom is 0.294 e. The van der Waals surface area contributed by atoms with Crippen LogP contribution in [-0.4, -0.2) is 21.9 Å². The van der Waals surface area contributed by atoms with E-state index in [1.165, 1.54) is 17.0 Å². The van der Waals surface area contributed by atoms with E-state index in [9.17, 15) is 19.8 Å². The van der Waals surface area contributed by atoms with E-state index >= 15 is 0 Å². The quantitative estimate of drug-likeness (QED) is 0.345. The fraction of sp³-hybridized carbons (Fsp3) is 0.111. The van der Waals surface area contributed by atoms with E-state index in [-0.39, 0.29) is 22.8 Å². The van der Waals surface area contributed by atoms with Crippen LogP contribution in [-0.2, 0) is 4.79 Å². The standard InChI is InChI=1S/C27H20ClNO5/c1-14-4-3-5-16(10-14)24-23(25(31)22-13-17-12-18(28)7-9-21(17)34-22)26(32)27(33)29(24)19-11-15(2)6-8-20(19)30/h3-13,24,30,32H,1-2H3. The third kappa shape index (κ3) is 3.53. The first-order valence-electron chi connectivity index (χ1n) is 10.6. The highest BCUT2D eigenvalue weighted by atomic mass is 35.5. The molecule has 7 heteroatoms. The number of hydrogen-bond donors (Lipinski definition) is 2. The fourth-order valence-corrected chi connectivity index (χ4v) is 4.51. The Kier molecular flexibility index (Phi) is 5.18. The lowest BCUT2D eigenvalue weighted by Crippen LogP contribution is -2.31. The maximum absolute atomic E-state index is 13.7. The first kappa shape index (κ1) is 21.8. The topological polar surface area (TPSA) is 91.0 Å². The van der Waals surface area contributed by atoms with Gasteiger partial charge in [0.25, 0.3) is 5.91 Å². The van der Waals surface area contributed by atoms with Gasteiger partial charge in [-0.05, 0) is 61.4 Å². The van der Waals surface area contributed by atoms with Crippen LogP contribution in [0, 0.1) is 13.8 Å². The zero-order chi connectivity index (χ0) is 24.1. The van der Waals surface area contributed by atoms with Gasteiger partial charge in [-0.3, -0.25) is 14.5 Å². The summed E-state index contributed by atoms with van der Waals surface area (Å²) >= 11 is 6.06. The average molecular weight is 474 g/mol. The molecule has 0 fully saturated rings. The van der Waals surface area contributed by atoms with Crippen LogP contribution >= 0.6 is 11.6 Å². The largest absolute Gasteiger partial charge is 0.506 e. The molecular formula is C27H20ClNO5. The number of fused-ring (bicyclic) bond motifs is 1. The zero-order valence-corrected chi connectivity index (χ0v) is 19.1. The van der Waals surface area contributed by atoms with Crippen molar-refractivity contribution in [2.45, 2.75) is 19.9 Å². The van der Waals surface area contributed by atoms with Crippen LogP contribution in [0.25, 0.3) is 11.0 Å². The minimum atomic E-state index is -0.968. The third-order valence-corrected chi connectivity index (χ3v) is 6.14. The molecule has 1 unspecified atom stereocenters. The molecule has 1 aliphatic rings. The molecule has 1 aromatic heterocycles. The monoisotopic (exact) mass is 473 g/mol. The number of aliphatic hydroxyl groups excluding tert-OH is 1. The Morgan fingerprint density at radius 3 is 2.50 bits per heavy atom. The molecule has 34 heavy (non-hydrogen) atoms. The number of benzene rings is 3. The van der Waals surface area contributed by atoms with Gasteiger partial charge in [0.05, 0.1) is 17.3 Å². The molecule has 170 valence electrons. The van der Waals surface area contributed by atoms with Crippen LogP contribution < -0.4 is 4.90 Å². The van der Waals surface area contributed by atoms with Gasteiger partial charge < -0.3 is 14.6 Å². The molecule has 2 heterocycles. The Morgan fingerprint density at radius 2 is 1.74 bits per heavy atom. The maximum atomic E-state index is 13.7. The van der Waals surface area contributed by atoms with Crippen molar-refractivity contribution in [1.82, 2.24) is 0 Å². The van der Waals surface area contributed by atoms with Crippen molar-refractivity contribution in [3.63, 3.8) is 0 Å². The van der Waals surface area contributed by atoms with E-state index in [4.69, 9.17) is 16.0 Å². The lowest BCUT2D eigenvalue weighted by Gasteiger charge is -2.27. The molecule has 4 aromatic rings. The second-order valence-corrected chi connectivity index (χ2v) is 8.80. The summed E-state index contributed by atoms with van der Waals surface area (Å²) in [5.41, 5.74) is 2.86. The summed E-state index contributed by atoms with van der Waals surface area (Å²) in [5, 5.41) is 22.6. The number of phenolic OH excluding ortho intramolecular Hbond substituents is 1. The first-order chi connectivity index (χ1) is 16.2. The molecule has 0 spiro atoms. The van der Waals surface area contributed by atoms with Crippen molar-refractivity contribution in [3.8, 4) is 5.75 Å². The van der Waals surface area contributed by atoms with Crippen LogP contribution in [0.4, 0.5) is 5.69 Å². The number of rotatable bonds is 4. The lowest BCUT2D eigenvalue weighted by atomic mass is 9.93. The number of anilines is 1. The molecule has 2 N–H and O–H groups in total. The summed E-state index contributed by atoms with van der Waals surface area (Å²) in [6.07, 6.45) is 0. The Bertz CT molecular complexity index is 1520. The fourth-order valence-electron chi connectivity index (χ4n) is 4.33. The number of phenols is 1. The highest BCUT2D eigenvalue weighted by Gasteiger charge is 2.46. The number of Topliss-reactive ketones (excluding diaryl/α,β-unsaturated/α-hetero) is 1. The lowest BCUT2D eigenvalue weighted by molar-refractivity contribution is -0.117. The van der Waals surface area contributed by atoms with Gasteiger partial charge >= 0.3 is 0 Å². The van der Waals surface area contributed by atoms with Crippen LogP contribution in [0.2, 0.25) is 5.02 Å². The molecule has 1 atom stereocenters. The van der Waals surface area contributed by atoms with Gasteiger partial charge in [0.2, 0.25) is 5.78 Å². The van der Waals surface area contributed by atoms with Crippen molar-refractivity contribution in [3.05, 3.63) is 106 Å². The number of carbonyl (C=O) groups excluding carboxylic acids is 2. The molecule has 1 aliphatic heterocycles. The van der Waals surface area contributed by atoms with Crippen molar-refractivity contribution in [1.29, 1.82) is 0 Å². The van der Waals surface area contributed by atoms with E-state index in [1.54, 1.807) is 36.4 Å². The van der Waals surface area contributed by atoms with Crippen LogP contribution in [0.15, 0.2) is 82.5 Å². The normalized spacial score (nSPS) is 16.0. The highest BCUT2D eigenvalue weighted by molar-refractivity contribution is 6.31. The van der Waals surface area contributed by atoms with E-state index in [1.807, 2.05) is 32.0 Å². The van der Waals surface area contributed by atoms with Crippen LogP contribution in [0.3, 0.4) is 0 Å². The predicted molar refractivity (Wildman–Crippen MR) is 129 cm³/mol. The van der Waals surface area contributed by atoms with Gasteiger partial charge in [-0.2, -0.15) is 0 Å². The molecule has 0 bridgehead atoms. The minimum absolute atomic E-state index is 0.0282. The second-order valence-electron chi connectivity index (χ2n) is 8.37. The molecule has 0 saturated carbocycles. The number of furan rings is 1. The highest BCUT2D eigenvalue weighted by Crippen LogP contribution is 2.45. The number of nitrogens with zero attached hydrogens (tertiary/aromatic N) is 1. The predicted octanol–water partition coefficient (Wildman–Crippen LogP) is 6.19. The molecule has 3 aromatic carbocycles. The molecule has 0 radical (unpaired) electrons. The van der Waals surface area contributed by atoms with Crippen molar-refractivity contribution < 1.29 is 24.2 Å². The summed E-state index contributed by atoms with van der Waals surface area (Å²) < 4.78 is 5.74.